The fourth-order valence-electron chi connectivity index (χ4n) is 0. The van der Waals surface area contributed by atoms with E-state index in [-0.39, 0.29) is 20.8 Å². The van der Waals surface area contributed by atoms with Crippen LogP contribution in [0.2, 0.25) is 0 Å². The molecule has 0 fully saturated rings. The van der Waals surface area contributed by atoms with Crippen molar-refractivity contribution in [2.45, 2.75) is 35.6 Å². The summed E-state index contributed by atoms with van der Waals surface area (Å²) < 4.78 is 0. The zero-order valence-corrected chi connectivity index (χ0v) is 6.80. The fraction of sp³-hybridized carbons (Fsp3) is 0.750. The zero-order chi connectivity index (χ0) is 8.57. The molecule has 1 amide bonds. The van der Waals surface area contributed by atoms with Crippen molar-refractivity contribution in [1.82, 2.24) is 5.32 Å². The van der Waals surface area contributed by atoms with Gasteiger partial charge in [0.1, 0.15) is 0 Å². The normalized spacial score (nSPS) is 5.67. The van der Waals surface area contributed by atoms with Gasteiger partial charge in [-0.05, 0) is 13.8 Å². The number of nitrogens with one attached hydrogen (secondary N) is 1. The lowest BCUT2D eigenvalue weighted by Gasteiger charge is -1.80. The Kier molecular flexibility index (Phi) is 30.8. The van der Waals surface area contributed by atoms with Crippen molar-refractivity contribution in [3.05, 3.63) is 0 Å². The van der Waals surface area contributed by atoms with E-state index in [1.54, 1.807) is 20.9 Å². The number of nitrogens with zero attached hydrogens (tertiary/aromatic N) is 1. The Morgan fingerprint density at radius 1 is 1.25 bits per heavy atom. The number of carbonyl (C=O) groups is 1. The predicted molar refractivity (Wildman–Crippen MR) is 53.8 cm³/mol. The molecule has 0 bridgehead atoms. The van der Waals surface area contributed by atoms with Crippen LogP contribution in [-0.2, 0) is 4.79 Å². The lowest BCUT2D eigenvalue weighted by Crippen LogP contribution is -2.11. The Morgan fingerprint density at radius 3 is 1.42 bits per heavy atom. The van der Waals surface area contributed by atoms with Crippen molar-refractivity contribution in [2.75, 3.05) is 7.05 Å². The van der Waals surface area contributed by atoms with Crippen molar-refractivity contribution in [1.29, 1.82) is 0 Å². The number of amides is 1. The van der Waals surface area contributed by atoms with Gasteiger partial charge in [0, 0.05) is 14.0 Å². The molecule has 4 heteroatoms. The van der Waals surface area contributed by atoms with Crippen LogP contribution < -0.4 is 5.32 Å². The second kappa shape index (κ2) is 16.5. The van der Waals surface area contributed by atoms with Crippen LogP contribution in [-0.4, -0.2) is 23.9 Å². The van der Waals surface area contributed by atoms with E-state index in [0.717, 1.165) is 0 Å². The molecule has 0 spiro atoms. The third-order valence-corrected chi connectivity index (χ3v) is 0.552. The van der Waals surface area contributed by atoms with Gasteiger partial charge in [-0.3, -0.25) is 4.79 Å². The van der Waals surface area contributed by atoms with Crippen molar-refractivity contribution < 1.29 is 10.0 Å². The van der Waals surface area contributed by atoms with Crippen LogP contribution in [0.1, 0.15) is 35.6 Å². The summed E-state index contributed by atoms with van der Waals surface area (Å²) in [6, 6.07) is 0. The summed E-state index contributed by atoms with van der Waals surface area (Å²) in [5.41, 5.74) is 0.685. The van der Waals surface area contributed by atoms with Gasteiger partial charge in [0.15, 0.2) is 0 Å². The third kappa shape index (κ3) is 65.2. The monoisotopic (exact) mass is 178 g/mol. The minimum atomic E-state index is 0. The van der Waals surface area contributed by atoms with Crippen LogP contribution in [0.25, 0.3) is 0 Å². The fourth-order valence-corrected chi connectivity index (χ4v) is 0. The van der Waals surface area contributed by atoms with E-state index in [1.165, 1.54) is 6.92 Å². The molecule has 4 nitrogen and oxygen atoms in total. The molecule has 12 heavy (non-hydrogen) atoms. The van der Waals surface area contributed by atoms with E-state index in [9.17, 15) is 4.79 Å². The Labute approximate surface area is 75.7 Å². The molecule has 0 aliphatic heterocycles. The van der Waals surface area contributed by atoms with Crippen LogP contribution in [0.15, 0.2) is 5.16 Å². The number of rotatable bonds is 0. The average Bonchev–Trinajstić information content (AvgIpc) is 1.89. The first kappa shape index (κ1) is 22.4. The molecule has 0 saturated carbocycles. The molecule has 0 aromatic rings. The van der Waals surface area contributed by atoms with Gasteiger partial charge >= 0.3 is 0 Å². The number of hydrogen-bond donors (Lipinski definition) is 2. The van der Waals surface area contributed by atoms with Crippen molar-refractivity contribution >= 4 is 11.6 Å². The summed E-state index contributed by atoms with van der Waals surface area (Å²) in [4.78, 5) is 9.70. The number of hydrogen-bond acceptors (Lipinski definition) is 3. The van der Waals surface area contributed by atoms with E-state index in [1.807, 2.05) is 0 Å². The topological polar surface area (TPSA) is 61.7 Å². The first-order valence-electron chi connectivity index (χ1n) is 2.88. The van der Waals surface area contributed by atoms with E-state index in [2.05, 4.69) is 10.5 Å². The first-order chi connectivity index (χ1) is 4.54. The van der Waals surface area contributed by atoms with Gasteiger partial charge in [0.2, 0.25) is 5.91 Å². The van der Waals surface area contributed by atoms with E-state index in [4.69, 9.17) is 5.21 Å². The molecule has 0 aliphatic carbocycles. The van der Waals surface area contributed by atoms with Crippen LogP contribution in [0.4, 0.5) is 0 Å². The lowest BCUT2D eigenvalue weighted by molar-refractivity contribution is -0.118. The second-order valence-corrected chi connectivity index (χ2v) is 1.85. The van der Waals surface area contributed by atoms with Crippen molar-refractivity contribution in [3.8, 4) is 0 Å². The molecule has 0 saturated heterocycles. The van der Waals surface area contributed by atoms with E-state index >= 15 is 0 Å². The van der Waals surface area contributed by atoms with Gasteiger partial charge in [-0.1, -0.05) is 20.0 Å². The minimum Gasteiger partial charge on any atom is -0.411 e. The van der Waals surface area contributed by atoms with Crippen LogP contribution in [0, 0.1) is 0 Å². The smallest absolute Gasteiger partial charge is 0.216 e. The summed E-state index contributed by atoms with van der Waals surface area (Å²) in [5, 5.41) is 12.9. The zero-order valence-electron chi connectivity index (χ0n) is 6.80. The molecule has 0 atom stereocenters. The summed E-state index contributed by atoms with van der Waals surface area (Å²) in [7, 11) is 1.60. The Balaban J connectivity index is -0.0000000457. The molecular formula is C8H22N2O2. The molecule has 0 aromatic carbocycles. The highest BCUT2D eigenvalue weighted by Gasteiger charge is 1.72. The van der Waals surface area contributed by atoms with Crippen molar-refractivity contribution in [3.63, 3.8) is 0 Å². The van der Waals surface area contributed by atoms with Gasteiger partial charge in [-0.2, -0.15) is 0 Å². The molecule has 0 aliphatic rings. The van der Waals surface area contributed by atoms with Gasteiger partial charge < -0.3 is 10.5 Å². The third-order valence-electron chi connectivity index (χ3n) is 0.552. The SMILES string of the molecule is C.C.CC(C)=NO.CNC(C)=O. The van der Waals surface area contributed by atoms with Crippen LogP contribution >= 0.6 is 0 Å². The summed E-state index contributed by atoms with van der Waals surface area (Å²) in [6.07, 6.45) is 0. The quantitative estimate of drug-likeness (QED) is 0.338. The number of oxime groups is 1. The largest absolute Gasteiger partial charge is 0.411 e. The average molecular weight is 178 g/mol. The molecule has 0 rings (SSSR count). The van der Waals surface area contributed by atoms with Crippen LogP contribution in [0.3, 0.4) is 0 Å². The van der Waals surface area contributed by atoms with Crippen molar-refractivity contribution in [2.24, 2.45) is 5.16 Å². The highest BCUT2D eigenvalue weighted by molar-refractivity contribution is 5.78. The lowest BCUT2D eigenvalue weighted by atomic mass is 10.5. The maximum Gasteiger partial charge on any atom is 0.216 e. The molecular weight excluding hydrogens is 156 g/mol. The second-order valence-electron chi connectivity index (χ2n) is 1.85. The standard InChI is InChI=1S/2C3H7NO.2CH4/c1-3(5)4-2;1-3(2)4-5;;/h1-2H3,(H,4,5);5H,1-2H3;2*1H4. The van der Waals surface area contributed by atoms with E-state index in [0.29, 0.717) is 5.71 Å². The molecule has 0 heterocycles. The highest BCUT2D eigenvalue weighted by Crippen LogP contribution is 1.62. The van der Waals surface area contributed by atoms with Gasteiger partial charge in [-0.25, -0.2) is 0 Å². The Hall–Kier alpha value is -1.06. The summed E-state index contributed by atoms with van der Waals surface area (Å²) >= 11 is 0. The molecule has 0 unspecified atom stereocenters. The van der Waals surface area contributed by atoms with E-state index < -0.39 is 0 Å². The maximum absolute atomic E-state index is 9.70. The van der Waals surface area contributed by atoms with Crippen LogP contribution in [0.5, 0.6) is 0 Å². The molecule has 76 valence electrons. The minimum absolute atomic E-state index is 0. The molecule has 0 radical (unpaired) electrons. The van der Waals surface area contributed by atoms with Gasteiger partial charge in [0.05, 0.1) is 5.71 Å². The predicted octanol–water partition coefficient (Wildman–Crippen LogP) is 1.88. The molecule has 2 N–H and O–H groups in total. The van der Waals surface area contributed by atoms with Gasteiger partial charge in [0.25, 0.3) is 0 Å². The first-order valence-corrected chi connectivity index (χ1v) is 2.88. The maximum atomic E-state index is 9.70. The number of carbonyl (C=O) groups excluding carboxylic acids is 1. The molecule has 0 aromatic heterocycles. The Morgan fingerprint density at radius 2 is 1.42 bits per heavy atom. The highest BCUT2D eigenvalue weighted by atomic mass is 16.4. The summed E-state index contributed by atoms with van der Waals surface area (Å²) in [5.74, 6) is 0.00463. The Bertz CT molecular complexity index is 118. The summed E-state index contributed by atoms with van der Waals surface area (Å²) in [6.45, 7) is 4.92. The van der Waals surface area contributed by atoms with Gasteiger partial charge in [-0.15, -0.1) is 0 Å².